The van der Waals surface area contributed by atoms with Gasteiger partial charge in [0, 0.05) is 31.4 Å². The number of hydrogen-bond acceptors (Lipinski definition) is 5. The van der Waals surface area contributed by atoms with Crippen molar-refractivity contribution in [3.63, 3.8) is 0 Å². The fourth-order valence-corrected chi connectivity index (χ4v) is 3.74. The van der Waals surface area contributed by atoms with Crippen LogP contribution in [-0.4, -0.2) is 19.9 Å². The summed E-state index contributed by atoms with van der Waals surface area (Å²) in [6.07, 6.45) is 0.400. The van der Waals surface area contributed by atoms with Gasteiger partial charge in [0.2, 0.25) is 0 Å². The Kier molecular flexibility index (Phi) is 6.56. The van der Waals surface area contributed by atoms with Crippen LogP contribution in [0.5, 0.6) is 11.5 Å². The van der Waals surface area contributed by atoms with Gasteiger partial charge in [0.15, 0.2) is 12.0 Å². The summed E-state index contributed by atoms with van der Waals surface area (Å²) in [5.74, 6) is 0.201. The molecule has 5 nitrogen and oxygen atoms in total. The molecule has 0 unspecified atom stereocenters. The van der Waals surface area contributed by atoms with Crippen molar-refractivity contribution >= 4 is 80.9 Å². The first kappa shape index (κ1) is 22.1. The number of ether oxygens (including phenoxy) is 1. The van der Waals surface area contributed by atoms with E-state index >= 15 is 0 Å². The molecule has 29 heavy (non-hydrogen) atoms. The van der Waals surface area contributed by atoms with Crippen molar-refractivity contribution in [3.05, 3.63) is 59.3 Å². The normalized spacial score (nSPS) is 11.0. The molecule has 0 saturated heterocycles. The zero-order chi connectivity index (χ0) is 21.5. The molecule has 0 fully saturated rings. The maximum absolute atomic E-state index is 12.0. The monoisotopic (exact) mass is 493 g/mol. The molecule has 0 spiro atoms. The Morgan fingerprint density at radius 1 is 1.00 bits per heavy atom. The predicted octanol–water partition coefficient (Wildman–Crippen LogP) is 7.12. The molecular weight excluding hydrogens is 483 g/mol. The smallest absolute Gasteiger partial charge is 0.346 e. The third kappa shape index (κ3) is 4.03. The van der Waals surface area contributed by atoms with E-state index in [9.17, 15) is 9.59 Å². The highest BCUT2D eigenvalue weighted by molar-refractivity contribution is 6.55. The number of halogens is 5. The van der Waals surface area contributed by atoms with Gasteiger partial charge in [0.25, 0.3) is 0 Å². The molecule has 0 aliphatic heterocycles. The largest absolute Gasteiger partial charge is 0.453 e. The molecule has 1 aromatic heterocycles. The third-order valence-corrected chi connectivity index (χ3v) is 6.49. The Morgan fingerprint density at radius 3 is 2.14 bits per heavy atom. The van der Waals surface area contributed by atoms with Gasteiger partial charge >= 0.3 is 5.63 Å². The highest BCUT2D eigenvalue weighted by Crippen LogP contribution is 2.50. The second-order valence-electron chi connectivity index (χ2n) is 5.98. The van der Waals surface area contributed by atoms with Gasteiger partial charge in [-0.1, -0.05) is 58.0 Å². The average molecular weight is 496 g/mol. The van der Waals surface area contributed by atoms with Crippen LogP contribution in [0.2, 0.25) is 25.1 Å². The van der Waals surface area contributed by atoms with Gasteiger partial charge in [-0.2, -0.15) is 0 Å². The Hall–Kier alpha value is -1.63. The standard InChI is InChI=1S/C19H12Cl5NO4/c1-3-25(2)9-5-11(10-4-8(7-26)19(27)29-12(10)6-9)28-18-16(23)14(21)13(20)15(22)17(18)24/h4-7H,3H2,1-2H3. The van der Waals surface area contributed by atoms with E-state index < -0.39 is 5.63 Å². The second kappa shape index (κ2) is 8.62. The quantitative estimate of drug-likeness (QED) is 0.163. The van der Waals surface area contributed by atoms with Gasteiger partial charge in [-0.15, -0.1) is 0 Å². The van der Waals surface area contributed by atoms with Crippen LogP contribution in [0.1, 0.15) is 17.3 Å². The molecule has 0 amide bonds. The van der Waals surface area contributed by atoms with Crippen molar-refractivity contribution in [2.24, 2.45) is 0 Å². The van der Waals surface area contributed by atoms with Gasteiger partial charge in [-0.05, 0) is 13.0 Å². The van der Waals surface area contributed by atoms with E-state index in [2.05, 4.69) is 0 Å². The maximum Gasteiger partial charge on any atom is 0.346 e. The van der Waals surface area contributed by atoms with Crippen LogP contribution in [0, 0.1) is 0 Å². The van der Waals surface area contributed by atoms with Crippen molar-refractivity contribution in [1.29, 1.82) is 0 Å². The zero-order valence-electron chi connectivity index (χ0n) is 15.0. The second-order valence-corrected chi connectivity index (χ2v) is 7.87. The van der Waals surface area contributed by atoms with E-state index in [0.29, 0.717) is 23.9 Å². The number of hydrogen-bond donors (Lipinski definition) is 0. The minimum atomic E-state index is -0.761. The van der Waals surface area contributed by atoms with Crippen molar-refractivity contribution in [1.82, 2.24) is 0 Å². The Morgan fingerprint density at radius 2 is 1.59 bits per heavy atom. The molecule has 3 aromatic rings. The topological polar surface area (TPSA) is 59.8 Å². The van der Waals surface area contributed by atoms with Crippen LogP contribution in [0.4, 0.5) is 5.69 Å². The molecule has 0 saturated carbocycles. The van der Waals surface area contributed by atoms with E-state index in [-0.39, 0.29) is 47.8 Å². The average Bonchev–Trinajstić information content (AvgIpc) is 2.72. The van der Waals surface area contributed by atoms with Gasteiger partial charge < -0.3 is 14.1 Å². The lowest BCUT2D eigenvalue weighted by Crippen LogP contribution is -2.16. The van der Waals surface area contributed by atoms with E-state index in [1.165, 1.54) is 6.07 Å². The summed E-state index contributed by atoms with van der Waals surface area (Å²) in [5, 5.41) is 0.222. The number of fused-ring (bicyclic) bond motifs is 1. The maximum atomic E-state index is 12.0. The highest BCUT2D eigenvalue weighted by Gasteiger charge is 2.23. The number of carbonyl (C=O) groups excluding carboxylic acids is 1. The van der Waals surface area contributed by atoms with Crippen LogP contribution < -0.4 is 15.3 Å². The minimum Gasteiger partial charge on any atom is -0.453 e. The summed E-state index contributed by atoms with van der Waals surface area (Å²) in [5.41, 5.74) is -0.0195. The molecule has 0 bridgehead atoms. The number of carbonyl (C=O) groups is 1. The first-order chi connectivity index (χ1) is 13.7. The molecule has 152 valence electrons. The summed E-state index contributed by atoms with van der Waals surface area (Å²) < 4.78 is 11.2. The summed E-state index contributed by atoms with van der Waals surface area (Å²) in [7, 11) is 1.85. The summed E-state index contributed by atoms with van der Waals surface area (Å²) in [6, 6.07) is 4.70. The van der Waals surface area contributed by atoms with Gasteiger partial charge in [0.1, 0.15) is 26.9 Å². The fourth-order valence-electron chi connectivity index (χ4n) is 2.54. The van der Waals surface area contributed by atoms with Crippen molar-refractivity contribution in [2.45, 2.75) is 6.92 Å². The molecule has 0 aliphatic rings. The van der Waals surface area contributed by atoms with E-state index in [0.717, 1.165) is 0 Å². The molecule has 1 heterocycles. The highest BCUT2D eigenvalue weighted by atomic mass is 35.5. The Labute approximate surface area is 190 Å². The van der Waals surface area contributed by atoms with Crippen LogP contribution in [-0.2, 0) is 0 Å². The lowest BCUT2D eigenvalue weighted by Gasteiger charge is -2.20. The van der Waals surface area contributed by atoms with Gasteiger partial charge in [-0.25, -0.2) is 4.79 Å². The van der Waals surface area contributed by atoms with E-state index in [1.807, 2.05) is 18.9 Å². The number of rotatable bonds is 5. The molecule has 0 atom stereocenters. The zero-order valence-corrected chi connectivity index (χ0v) is 18.8. The lowest BCUT2D eigenvalue weighted by molar-refractivity contribution is 0.112. The minimum absolute atomic E-state index is 0.00533. The van der Waals surface area contributed by atoms with Crippen LogP contribution in [0.15, 0.2) is 27.4 Å². The molecule has 0 radical (unpaired) electrons. The molecular formula is C19H12Cl5NO4. The number of nitrogens with zero attached hydrogens (tertiary/aromatic N) is 1. The molecule has 0 aliphatic carbocycles. The van der Waals surface area contributed by atoms with Crippen molar-refractivity contribution in [3.8, 4) is 11.5 Å². The summed E-state index contributed by atoms with van der Waals surface area (Å²) in [6.45, 7) is 2.62. The molecule has 10 heteroatoms. The van der Waals surface area contributed by atoms with E-state index in [1.54, 1.807) is 12.1 Å². The first-order valence-electron chi connectivity index (χ1n) is 8.17. The van der Waals surface area contributed by atoms with Gasteiger partial charge in [-0.3, -0.25) is 4.79 Å². The van der Waals surface area contributed by atoms with Gasteiger partial charge in [0.05, 0.1) is 20.5 Å². The van der Waals surface area contributed by atoms with Crippen molar-refractivity contribution < 1.29 is 13.9 Å². The lowest BCUT2D eigenvalue weighted by atomic mass is 10.1. The number of aldehydes is 1. The molecule has 0 N–H and O–H groups in total. The first-order valence-corrected chi connectivity index (χ1v) is 10.1. The SMILES string of the molecule is CCN(C)c1cc(Oc2c(Cl)c(Cl)c(Cl)c(Cl)c2Cl)c2cc(C=O)c(=O)oc2c1. The molecule has 2 aromatic carbocycles. The molecule has 3 rings (SSSR count). The Bertz CT molecular complexity index is 1160. The fraction of sp³-hybridized carbons (Fsp3) is 0.158. The van der Waals surface area contributed by atoms with Crippen LogP contribution >= 0.6 is 58.0 Å². The number of anilines is 1. The van der Waals surface area contributed by atoms with Crippen LogP contribution in [0.25, 0.3) is 11.0 Å². The van der Waals surface area contributed by atoms with Crippen LogP contribution in [0.3, 0.4) is 0 Å². The van der Waals surface area contributed by atoms with Crippen molar-refractivity contribution in [2.75, 3.05) is 18.5 Å². The summed E-state index contributed by atoms with van der Waals surface area (Å²) in [4.78, 5) is 25.1. The van der Waals surface area contributed by atoms with E-state index in [4.69, 9.17) is 67.2 Å². The third-order valence-electron chi connectivity index (χ3n) is 4.25. The number of benzene rings is 2. The Balaban J connectivity index is 2.31. The summed E-state index contributed by atoms with van der Waals surface area (Å²) >= 11 is 30.8. The predicted molar refractivity (Wildman–Crippen MR) is 118 cm³/mol.